The van der Waals surface area contributed by atoms with Gasteiger partial charge in [-0.3, -0.25) is 4.79 Å². The van der Waals surface area contributed by atoms with Gasteiger partial charge in [-0.05, 0) is 24.3 Å². The first-order valence-corrected chi connectivity index (χ1v) is 8.09. The Hall–Kier alpha value is -1.95. The number of nitrogens with one attached hydrogen (secondary N) is 1. The van der Waals surface area contributed by atoms with Gasteiger partial charge < -0.3 is 11.1 Å². The molecule has 2 aromatic heterocycles. The molecule has 0 radical (unpaired) electrons. The summed E-state index contributed by atoms with van der Waals surface area (Å²) in [6.07, 6.45) is 7.21. The van der Waals surface area contributed by atoms with Gasteiger partial charge in [-0.1, -0.05) is 25.3 Å². The van der Waals surface area contributed by atoms with Crippen LogP contribution in [0, 0.1) is 0 Å². The number of amides is 1. The van der Waals surface area contributed by atoms with E-state index in [0.29, 0.717) is 11.4 Å². The van der Waals surface area contributed by atoms with Crippen LogP contribution in [0.25, 0.3) is 10.7 Å². The van der Waals surface area contributed by atoms with Crippen molar-refractivity contribution in [1.29, 1.82) is 0 Å². The van der Waals surface area contributed by atoms with Gasteiger partial charge in [0.05, 0.1) is 10.4 Å². The van der Waals surface area contributed by atoms with Crippen molar-refractivity contribution in [2.75, 3.05) is 5.73 Å². The molecule has 0 bridgehead atoms. The molecule has 1 aliphatic carbocycles. The van der Waals surface area contributed by atoms with Crippen LogP contribution in [-0.2, 0) is 0 Å². The third-order valence-corrected chi connectivity index (χ3v) is 4.61. The number of carbonyl (C=O) groups is 1. The third kappa shape index (κ3) is 3.21. The van der Waals surface area contributed by atoms with E-state index >= 15 is 0 Å². The molecule has 0 unspecified atom stereocenters. The molecule has 21 heavy (non-hydrogen) atoms. The van der Waals surface area contributed by atoms with E-state index < -0.39 is 0 Å². The van der Waals surface area contributed by atoms with Crippen LogP contribution in [0.5, 0.6) is 0 Å². The van der Waals surface area contributed by atoms with Gasteiger partial charge in [0, 0.05) is 12.2 Å². The highest BCUT2D eigenvalue weighted by Gasteiger charge is 2.19. The Morgan fingerprint density at radius 1 is 1.33 bits per heavy atom. The summed E-state index contributed by atoms with van der Waals surface area (Å²) in [7, 11) is 0. The molecular weight excluding hydrogens is 284 g/mol. The van der Waals surface area contributed by atoms with Crippen LogP contribution in [0.15, 0.2) is 23.7 Å². The van der Waals surface area contributed by atoms with Gasteiger partial charge in [-0.25, -0.2) is 9.97 Å². The smallest absolute Gasteiger partial charge is 0.256 e. The van der Waals surface area contributed by atoms with Gasteiger partial charge in [-0.15, -0.1) is 11.3 Å². The zero-order chi connectivity index (χ0) is 14.7. The van der Waals surface area contributed by atoms with E-state index in [2.05, 4.69) is 15.3 Å². The summed E-state index contributed by atoms with van der Waals surface area (Å²) in [4.78, 5) is 21.7. The van der Waals surface area contributed by atoms with Crippen molar-refractivity contribution in [1.82, 2.24) is 15.3 Å². The molecule has 1 aliphatic rings. The summed E-state index contributed by atoms with van der Waals surface area (Å²) < 4.78 is 0. The molecule has 1 saturated carbocycles. The SMILES string of the molecule is Nc1nc(-c2cccs2)ncc1C(=O)NC1CCCCC1. The maximum Gasteiger partial charge on any atom is 0.256 e. The van der Waals surface area contributed by atoms with Crippen molar-refractivity contribution in [2.45, 2.75) is 38.1 Å². The average molecular weight is 302 g/mol. The lowest BCUT2D eigenvalue weighted by Crippen LogP contribution is -2.36. The summed E-state index contributed by atoms with van der Waals surface area (Å²) in [5.74, 6) is 0.635. The van der Waals surface area contributed by atoms with Crippen molar-refractivity contribution in [3.05, 3.63) is 29.3 Å². The largest absolute Gasteiger partial charge is 0.383 e. The topological polar surface area (TPSA) is 80.9 Å². The number of hydrogen-bond acceptors (Lipinski definition) is 5. The molecule has 0 aliphatic heterocycles. The summed E-state index contributed by atoms with van der Waals surface area (Å²) in [6, 6.07) is 4.12. The highest BCUT2D eigenvalue weighted by Crippen LogP contribution is 2.23. The minimum atomic E-state index is -0.169. The first-order valence-electron chi connectivity index (χ1n) is 7.21. The minimum absolute atomic E-state index is 0.169. The van der Waals surface area contributed by atoms with Crippen LogP contribution in [-0.4, -0.2) is 21.9 Å². The molecule has 0 aromatic carbocycles. The highest BCUT2D eigenvalue weighted by atomic mass is 32.1. The third-order valence-electron chi connectivity index (χ3n) is 3.74. The lowest BCUT2D eigenvalue weighted by molar-refractivity contribution is 0.0928. The molecule has 3 rings (SSSR count). The van der Waals surface area contributed by atoms with Crippen LogP contribution in [0.3, 0.4) is 0 Å². The number of nitrogens with two attached hydrogens (primary N) is 1. The van der Waals surface area contributed by atoms with E-state index in [-0.39, 0.29) is 17.8 Å². The van der Waals surface area contributed by atoms with E-state index in [1.54, 1.807) is 11.3 Å². The first kappa shape index (κ1) is 14.0. The van der Waals surface area contributed by atoms with Crippen molar-refractivity contribution in [3.8, 4) is 10.7 Å². The Labute approximate surface area is 127 Å². The van der Waals surface area contributed by atoms with Crippen LogP contribution >= 0.6 is 11.3 Å². The monoisotopic (exact) mass is 302 g/mol. The van der Waals surface area contributed by atoms with Gasteiger partial charge >= 0.3 is 0 Å². The molecule has 2 aromatic rings. The second-order valence-electron chi connectivity index (χ2n) is 5.28. The Balaban J connectivity index is 1.74. The minimum Gasteiger partial charge on any atom is -0.383 e. The maximum atomic E-state index is 12.3. The van der Waals surface area contributed by atoms with E-state index in [1.165, 1.54) is 25.5 Å². The fourth-order valence-electron chi connectivity index (χ4n) is 2.60. The second kappa shape index (κ2) is 6.22. The zero-order valence-corrected chi connectivity index (χ0v) is 12.5. The summed E-state index contributed by atoms with van der Waals surface area (Å²) in [6.45, 7) is 0. The molecule has 5 nitrogen and oxygen atoms in total. The van der Waals surface area contributed by atoms with Crippen LogP contribution in [0.4, 0.5) is 5.82 Å². The van der Waals surface area contributed by atoms with Crippen LogP contribution in [0.1, 0.15) is 42.5 Å². The van der Waals surface area contributed by atoms with Crippen LogP contribution in [0.2, 0.25) is 0 Å². The van der Waals surface area contributed by atoms with E-state index in [4.69, 9.17) is 5.73 Å². The Kier molecular flexibility index (Phi) is 4.15. The maximum absolute atomic E-state index is 12.3. The van der Waals surface area contributed by atoms with E-state index in [0.717, 1.165) is 17.7 Å². The standard InChI is InChI=1S/C15H18N4OS/c16-13-11(15(20)18-10-5-2-1-3-6-10)9-17-14(19-13)12-7-4-8-21-12/h4,7-10H,1-3,5-6H2,(H,18,20)(H2,16,17,19). The molecule has 3 N–H and O–H groups in total. The number of aromatic nitrogens is 2. The predicted octanol–water partition coefficient (Wildman–Crippen LogP) is 2.85. The fraction of sp³-hybridized carbons (Fsp3) is 0.400. The molecule has 1 amide bonds. The number of nitrogens with zero attached hydrogens (tertiary/aromatic N) is 2. The lowest BCUT2D eigenvalue weighted by atomic mass is 9.95. The molecule has 6 heteroatoms. The number of carbonyl (C=O) groups excluding carboxylic acids is 1. The normalized spacial score (nSPS) is 15.8. The van der Waals surface area contributed by atoms with Crippen molar-refractivity contribution in [3.63, 3.8) is 0 Å². The quantitative estimate of drug-likeness (QED) is 0.913. The summed E-state index contributed by atoms with van der Waals surface area (Å²) in [5, 5.41) is 4.99. The van der Waals surface area contributed by atoms with Gasteiger partial charge in [0.2, 0.25) is 0 Å². The summed E-state index contributed by atoms with van der Waals surface area (Å²) >= 11 is 1.55. The van der Waals surface area contributed by atoms with Gasteiger partial charge in [-0.2, -0.15) is 0 Å². The van der Waals surface area contributed by atoms with Gasteiger partial charge in [0.1, 0.15) is 5.82 Å². The average Bonchev–Trinajstić information content (AvgIpc) is 3.02. The van der Waals surface area contributed by atoms with E-state index in [9.17, 15) is 4.79 Å². The molecule has 1 fully saturated rings. The lowest BCUT2D eigenvalue weighted by Gasteiger charge is -2.22. The molecule has 0 spiro atoms. The van der Waals surface area contributed by atoms with Crippen molar-refractivity contribution in [2.24, 2.45) is 0 Å². The number of hydrogen-bond donors (Lipinski definition) is 2. The first-order chi connectivity index (χ1) is 10.2. The van der Waals surface area contributed by atoms with Gasteiger partial charge in [0.15, 0.2) is 5.82 Å². The Morgan fingerprint density at radius 3 is 2.81 bits per heavy atom. The Morgan fingerprint density at radius 2 is 2.14 bits per heavy atom. The predicted molar refractivity (Wildman–Crippen MR) is 84.1 cm³/mol. The van der Waals surface area contributed by atoms with E-state index in [1.807, 2.05) is 17.5 Å². The zero-order valence-electron chi connectivity index (χ0n) is 11.7. The highest BCUT2D eigenvalue weighted by molar-refractivity contribution is 7.13. The Bertz CT molecular complexity index is 621. The number of anilines is 1. The molecule has 2 heterocycles. The van der Waals surface area contributed by atoms with Crippen molar-refractivity contribution < 1.29 is 4.79 Å². The fourth-order valence-corrected chi connectivity index (χ4v) is 3.27. The number of thiophene rings is 1. The summed E-state index contributed by atoms with van der Waals surface area (Å²) in [5.41, 5.74) is 6.29. The molecule has 0 atom stereocenters. The molecule has 110 valence electrons. The number of nitrogen functional groups attached to an aromatic ring is 1. The molecular formula is C15H18N4OS. The van der Waals surface area contributed by atoms with Crippen molar-refractivity contribution >= 4 is 23.1 Å². The van der Waals surface area contributed by atoms with Gasteiger partial charge in [0.25, 0.3) is 5.91 Å². The molecule has 0 saturated heterocycles. The number of rotatable bonds is 3. The second-order valence-corrected chi connectivity index (χ2v) is 6.23. The van der Waals surface area contributed by atoms with Crippen LogP contribution < -0.4 is 11.1 Å².